The van der Waals surface area contributed by atoms with Gasteiger partial charge >= 0.3 is 0 Å². The predicted molar refractivity (Wildman–Crippen MR) is 63.2 cm³/mol. The van der Waals surface area contributed by atoms with Crippen LogP contribution in [-0.2, 0) is 6.42 Å². The van der Waals surface area contributed by atoms with Gasteiger partial charge in [-0.1, -0.05) is 18.5 Å². The lowest BCUT2D eigenvalue weighted by Crippen LogP contribution is -2.10. The van der Waals surface area contributed by atoms with Crippen LogP contribution >= 0.6 is 0 Å². The first-order valence-electron chi connectivity index (χ1n) is 5.76. The highest BCUT2D eigenvalue weighted by Gasteiger charge is 2.13. The fourth-order valence-electron chi connectivity index (χ4n) is 1.61. The van der Waals surface area contributed by atoms with Crippen LogP contribution < -0.4 is 5.73 Å². The summed E-state index contributed by atoms with van der Waals surface area (Å²) in [7, 11) is 0. The van der Waals surface area contributed by atoms with Gasteiger partial charge in [0.15, 0.2) is 5.82 Å². The molecule has 5 nitrogen and oxygen atoms in total. The minimum atomic E-state index is -0.154. The molecule has 0 spiro atoms. The van der Waals surface area contributed by atoms with Crippen molar-refractivity contribution < 1.29 is 4.52 Å². The van der Waals surface area contributed by atoms with Crippen molar-refractivity contribution in [1.82, 2.24) is 15.1 Å². The third-order valence-electron chi connectivity index (χ3n) is 2.51. The Bertz CT molecular complexity index is 455. The van der Waals surface area contributed by atoms with E-state index in [0.717, 1.165) is 18.4 Å². The molecule has 2 aromatic rings. The molecule has 0 fully saturated rings. The van der Waals surface area contributed by atoms with Gasteiger partial charge in [0.25, 0.3) is 0 Å². The molecule has 2 N–H and O–H groups in total. The lowest BCUT2D eigenvalue weighted by Gasteiger charge is -2.02. The first kappa shape index (κ1) is 11.7. The summed E-state index contributed by atoms with van der Waals surface area (Å²) in [6, 6.07) is 3.71. The van der Waals surface area contributed by atoms with Crippen LogP contribution in [0.2, 0.25) is 0 Å². The molecule has 0 amide bonds. The van der Waals surface area contributed by atoms with Gasteiger partial charge in [-0.05, 0) is 24.1 Å². The van der Waals surface area contributed by atoms with Gasteiger partial charge in [-0.3, -0.25) is 4.98 Å². The van der Waals surface area contributed by atoms with Crippen molar-refractivity contribution >= 4 is 0 Å². The van der Waals surface area contributed by atoms with Gasteiger partial charge in [0, 0.05) is 18.8 Å². The molecule has 0 aromatic carbocycles. The van der Waals surface area contributed by atoms with E-state index in [1.165, 1.54) is 0 Å². The second kappa shape index (κ2) is 5.54. The molecule has 0 saturated carbocycles. The van der Waals surface area contributed by atoms with E-state index in [4.69, 9.17) is 10.3 Å². The molecule has 0 bridgehead atoms. The van der Waals surface area contributed by atoms with E-state index < -0.39 is 0 Å². The Labute approximate surface area is 100 Å². The van der Waals surface area contributed by atoms with E-state index in [0.29, 0.717) is 18.1 Å². The van der Waals surface area contributed by atoms with Crippen LogP contribution in [0, 0.1) is 0 Å². The molecule has 0 aliphatic heterocycles. The first-order valence-corrected chi connectivity index (χ1v) is 5.76. The summed E-state index contributed by atoms with van der Waals surface area (Å²) < 4.78 is 5.15. The molecule has 0 aliphatic rings. The summed E-state index contributed by atoms with van der Waals surface area (Å²) in [4.78, 5) is 8.26. The maximum absolute atomic E-state index is 5.91. The van der Waals surface area contributed by atoms with Gasteiger partial charge in [0.1, 0.15) is 0 Å². The van der Waals surface area contributed by atoms with Crippen molar-refractivity contribution in [2.24, 2.45) is 5.73 Å². The molecule has 0 saturated heterocycles. The molecule has 0 radical (unpaired) electrons. The number of nitrogens with two attached hydrogens (primary N) is 1. The van der Waals surface area contributed by atoms with Crippen molar-refractivity contribution in [3.63, 3.8) is 0 Å². The average molecular weight is 232 g/mol. The maximum atomic E-state index is 5.91. The number of hydrogen-bond donors (Lipinski definition) is 1. The minimum absolute atomic E-state index is 0.154. The topological polar surface area (TPSA) is 77.8 Å². The Hall–Kier alpha value is -1.75. The number of aromatic nitrogens is 3. The van der Waals surface area contributed by atoms with Gasteiger partial charge in [0.05, 0.1) is 6.04 Å². The fraction of sp³-hybridized carbons (Fsp3) is 0.417. The molecule has 0 aliphatic carbocycles. The minimum Gasteiger partial charge on any atom is -0.338 e. The Morgan fingerprint density at radius 3 is 2.82 bits per heavy atom. The summed E-state index contributed by atoms with van der Waals surface area (Å²) >= 11 is 0. The number of nitrogens with zero attached hydrogens (tertiary/aromatic N) is 3. The van der Waals surface area contributed by atoms with E-state index in [9.17, 15) is 0 Å². The summed E-state index contributed by atoms with van der Waals surface area (Å²) in [5, 5.41) is 3.93. The van der Waals surface area contributed by atoms with Crippen LogP contribution in [-0.4, -0.2) is 15.1 Å². The highest BCUT2D eigenvalue weighted by atomic mass is 16.5. The first-order chi connectivity index (χ1) is 8.29. The molecule has 2 aromatic heterocycles. The smallest absolute Gasteiger partial charge is 0.243 e. The highest BCUT2D eigenvalue weighted by Crippen LogP contribution is 2.14. The molecule has 2 rings (SSSR count). The standard InChI is InChI=1S/C12H16N4O/c1-2-3-10(13)12-15-11(16-17-12)8-9-4-6-14-7-5-9/h4-7,10H,2-3,8,13H2,1H3/t10-/m0/s1. The molecule has 0 unspecified atom stereocenters. The van der Waals surface area contributed by atoms with Crippen LogP contribution in [0.3, 0.4) is 0 Å². The van der Waals surface area contributed by atoms with E-state index in [1.54, 1.807) is 12.4 Å². The van der Waals surface area contributed by atoms with E-state index in [1.807, 2.05) is 12.1 Å². The van der Waals surface area contributed by atoms with Crippen LogP contribution in [0.25, 0.3) is 0 Å². The summed E-state index contributed by atoms with van der Waals surface area (Å²) in [5.74, 6) is 1.19. The van der Waals surface area contributed by atoms with Crippen molar-refractivity contribution in [3.05, 3.63) is 41.8 Å². The van der Waals surface area contributed by atoms with Gasteiger partial charge in [-0.2, -0.15) is 4.98 Å². The number of rotatable bonds is 5. The van der Waals surface area contributed by atoms with Crippen LogP contribution in [0.1, 0.15) is 43.1 Å². The summed E-state index contributed by atoms with van der Waals surface area (Å²) in [6.07, 6.45) is 6.00. The zero-order valence-electron chi connectivity index (χ0n) is 9.84. The third kappa shape index (κ3) is 3.10. The lowest BCUT2D eigenvalue weighted by molar-refractivity contribution is 0.345. The van der Waals surface area contributed by atoms with Gasteiger partial charge < -0.3 is 10.3 Å². The lowest BCUT2D eigenvalue weighted by atomic mass is 10.2. The number of pyridine rings is 1. The molecule has 1 atom stereocenters. The SMILES string of the molecule is CCC[C@H](N)c1nc(Cc2ccncc2)no1. The van der Waals surface area contributed by atoms with Crippen molar-refractivity contribution in [1.29, 1.82) is 0 Å². The zero-order valence-corrected chi connectivity index (χ0v) is 9.84. The number of hydrogen-bond acceptors (Lipinski definition) is 5. The van der Waals surface area contributed by atoms with E-state index in [2.05, 4.69) is 22.0 Å². The van der Waals surface area contributed by atoms with Gasteiger partial charge in [-0.25, -0.2) is 0 Å². The molecule has 17 heavy (non-hydrogen) atoms. The van der Waals surface area contributed by atoms with E-state index in [-0.39, 0.29) is 6.04 Å². The van der Waals surface area contributed by atoms with Crippen LogP contribution in [0.15, 0.2) is 29.0 Å². The van der Waals surface area contributed by atoms with Crippen molar-refractivity contribution in [3.8, 4) is 0 Å². The second-order valence-corrected chi connectivity index (χ2v) is 3.98. The van der Waals surface area contributed by atoms with Crippen LogP contribution in [0.4, 0.5) is 0 Å². The molecule has 2 heterocycles. The van der Waals surface area contributed by atoms with Gasteiger partial charge in [0.2, 0.25) is 5.89 Å². The summed E-state index contributed by atoms with van der Waals surface area (Å²) in [5.41, 5.74) is 7.01. The zero-order chi connectivity index (χ0) is 12.1. The second-order valence-electron chi connectivity index (χ2n) is 3.98. The quantitative estimate of drug-likeness (QED) is 0.851. The largest absolute Gasteiger partial charge is 0.338 e. The van der Waals surface area contributed by atoms with Crippen molar-refractivity contribution in [2.45, 2.75) is 32.2 Å². The van der Waals surface area contributed by atoms with Crippen LogP contribution in [0.5, 0.6) is 0 Å². The fourth-order valence-corrected chi connectivity index (χ4v) is 1.61. The third-order valence-corrected chi connectivity index (χ3v) is 2.51. The predicted octanol–water partition coefficient (Wildman–Crippen LogP) is 1.86. The molecule has 5 heteroatoms. The average Bonchev–Trinajstić information content (AvgIpc) is 2.79. The van der Waals surface area contributed by atoms with Gasteiger partial charge in [-0.15, -0.1) is 0 Å². The van der Waals surface area contributed by atoms with Crippen molar-refractivity contribution in [2.75, 3.05) is 0 Å². The molecule has 90 valence electrons. The summed E-state index contributed by atoms with van der Waals surface area (Å²) in [6.45, 7) is 2.08. The Kier molecular flexibility index (Phi) is 3.82. The normalized spacial score (nSPS) is 12.6. The Morgan fingerprint density at radius 2 is 2.12 bits per heavy atom. The highest BCUT2D eigenvalue weighted by molar-refractivity contribution is 5.14. The maximum Gasteiger partial charge on any atom is 0.243 e. The molecular formula is C12H16N4O. The Balaban J connectivity index is 2.04. The monoisotopic (exact) mass is 232 g/mol. The Morgan fingerprint density at radius 1 is 1.35 bits per heavy atom. The molecular weight excluding hydrogens is 216 g/mol. The van der Waals surface area contributed by atoms with E-state index >= 15 is 0 Å².